The first-order valence-corrected chi connectivity index (χ1v) is 10.6. The van der Waals surface area contributed by atoms with Gasteiger partial charge in [0, 0.05) is 17.8 Å². The Morgan fingerprint density at radius 1 is 0.867 bits per heavy atom. The van der Waals surface area contributed by atoms with Crippen LogP contribution in [-0.4, -0.2) is 18.2 Å². The summed E-state index contributed by atoms with van der Waals surface area (Å²) in [5, 5.41) is 4.48. The van der Waals surface area contributed by atoms with Crippen LogP contribution in [0.1, 0.15) is 5.56 Å². The van der Waals surface area contributed by atoms with E-state index in [2.05, 4.69) is 9.82 Å². The highest BCUT2D eigenvalue weighted by Crippen LogP contribution is 2.28. The number of anilines is 1. The molecule has 0 radical (unpaired) electrons. The zero-order chi connectivity index (χ0) is 21.1. The molecule has 8 heteroatoms. The summed E-state index contributed by atoms with van der Waals surface area (Å²) < 4.78 is 56.7. The van der Waals surface area contributed by atoms with Gasteiger partial charge < -0.3 is 0 Å². The molecule has 0 bridgehead atoms. The molecule has 0 saturated carbocycles. The Labute approximate surface area is 172 Å². The van der Waals surface area contributed by atoms with E-state index in [-0.39, 0.29) is 16.3 Å². The molecule has 0 aliphatic heterocycles. The maximum atomic E-state index is 13.5. The van der Waals surface area contributed by atoms with Gasteiger partial charge in [-0.2, -0.15) is 5.10 Å². The van der Waals surface area contributed by atoms with Gasteiger partial charge >= 0.3 is 0 Å². The van der Waals surface area contributed by atoms with Crippen LogP contribution >= 0.6 is 0 Å². The summed E-state index contributed by atoms with van der Waals surface area (Å²) in [6.07, 6.45) is 1.43. The highest BCUT2D eigenvalue weighted by atomic mass is 32.2. The molecular weight excluding hydrogens is 408 g/mol. The molecule has 5 nitrogen and oxygen atoms in total. The van der Waals surface area contributed by atoms with E-state index in [1.807, 2.05) is 36.4 Å². The van der Waals surface area contributed by atoms with Crippen LogP contribution in [0.3, 0.4) is 0 Å². The molecule has 4 aromatic rings. The van der Waals surface area contributed by atoms with Gasteiger partial charge in [0.1, 0.15) is 10.6 Å². The third-order valence-corrected chi connectivity index (χ3v) is 5.81. The summed E-state index contributed by atoms with van der Waals surface area (Å²) in [5.74, 6) is -2.20. The van der Waals surface area contributed by atoms with Crippen LogP contribution in [0, 0.1) is 11.6 Å². The lowest BCUT2D eigenvalue weighted by atomic mass is 10.2. The van der Waals surface area contributed by atoms with Gasteiger partial charge in [0.2, 0.25) is 0 Å². The molecule has 0 aliphatic carbocycles. The van der Waals surface area contributed by atoms with E-state index in [9.17, 15) is 17.2 Å². The van der Waals surface area contributed by atoms with Gasteiger partial charge in [-0.1, -0.05) is 60.7 Å². The Balaban J connectivity index is 1.75. The van der Waals surface area contributed by atoms with Crippen LogP contribution in [0.25, 0.3) is 11.3 Å². The lowest BCUT2D eigenvalue weighted by Gasteiger charge is -2.08. The van der Waals surface area contributed by atoms with Crippen LogP contribution in [0.2, 0.25) is 0 Å². The summed E-state index contributed by atoms with van der Waals surface area (Å²) in [6, 6.07) is 21.2. The molecule has 0 aliphatic rings. The van der Waals surface area contributed by atoms with Crippen LogP contribution in [0.15, 0.2) is 90.0 Å². The minimum atomic E-state index is -4.12. The van der Waals surface area contributed by atoms with Crippen molar-refractivity contribution in [3.8, 4) is 11.3 Å². The predicted molar refractivity (Wildman–Crippen MR) is 110 cm³/mol. The van der Waals surface area contributed by atoms with Gasteiger partial charge in [-0.05, 0) is 17.7 Å². The Morgan fingerprint density at radius 3 is 2.20 bits per heavy atom. The maximum absolute atomic E-state index is 13.5. The second kappa shape index (κ2) is 8.08. The number of nitrogens with one attached hydrogen (secondary N) is 1. The normalized spacial score (nSPS) is 11.4. The number of hydrogen-bond donors (Lipinski definition) is 1. The van der Waals surface area contributed by atoms with E-state index >= 15 is 0 Å². The van der Waals surface area contributed by atoms with E-state index in [1.165, 1.54) is 10.9 Å². The standard InChI is InChI=1S/C22H17F2N3O2S/c23-19-12-11-18(13-20(19)24)26-30(28,29)21-15-27(14-16-7-3-1-4-8-16)25-22(21)17-9-5-2-6-10-17/h1-13,15,26H,14H2. The summed E-state index contributed by atoms with van der Waals surface area (Å²) in [6.45, 7) is 0.376. The Bertz CT molecular complexity index is 1270. The van der Waals surface area contributed by atoms with E-state index in [0.717, 1.165) is 23.8 Å². The summed E-state index contributed by atoms with van der Waals surface area (Å²) in [7, 11) is -4.12. The largest absolute Gasteiger partial charge is 0.279 e. The average molecular weight is 425 g/mol. The number of nitrogens with zero attached hydrogens (tertiary/aromatic N) is 2. The van der Waals surface area contributed by atoms with Gasteiger partial charge in [-0.15, -0.1) is 0 Å². The number of sulfonamides is 1. The monoisotopic (exact) mass is 425 g/mol. The molecule has 30 heavy (non-hydrogen) atoms. The Kier molecular flexibility index (Phi) is 5.33. The quantitative estimate of drug-likeness (QED) is 0.488. The molecule has 1 aromatic heterocycles. The van der Waals surface area contributed by atoms with Crippen molar-refractivity contribution in [1.29, 1.82) is 0 Å². The fraction of sp³-hybridized carbons (Fsp3) is 0.0455. The SMILES string of the molecule is O=S(=O)(Nc1ccc(F)c(F)c1)c1cn(Cc2ccccc2)nc1-c1ccccc1. The molecule has 0 fully saturated rings. The molecule has 152 valence electrons. The van der Waals surface area contributed by atoms with E-state index in [4.69, 9.17) is 0 Å². The fourth-order valence-electron chi connectivity index (χ4n) is 3.02. The third-order valence-electron chi connectivity index (χ3n) is 4.42. The van der Waals surface area contributed by atoms with Gasteiger partial charge in [0.15, 0.2) is 11.6 Å². The molecule has 4 rings (SSSR count). The topological polar surface area (TPSA) is 64.0 Å². The van der Waals surface area contributed by atoms with Gasteiger partial charge in [-0.3, -0.25) is 9.40 Å². The minimum absolute atomic E-state index is 0.0608. The number of hydrogen-bond acceptors (Lipinski definition) is 3. The lowest BCUT2D eigenvalue weighted by molar-refractivity contribution is 0.509. The Hall–Kier alpha value is -3.52. The molecule has 1 heterocycles. The van der Waals surface area contributed by atoms with Crippen molar-refractivity contribution < 1.29 is 17.2 Å². The number of halogens is 2. The smallest absolute Gasteiger partial charge is 0.265 e. The third kappa shape index (κ3) is 4.23. The van der Waals surface area contributed by atoms with Crippen molar-refractivity contribution in [3.05, 3.63) is 102 Å². The number of aromatic nitrogens is 2. The molecule has 0 amide bonds. The highest BCUT2D eigenvalue weighted by Gasteiger charge is 2.24. The summed E-state index contributed by atoms with van der Waals surface area (Å²) in [4.78, 5) is -0.0608. The van der Waals surface area contributed by atoms with Crippen molar-refractivity contribution in [2.75, 3.05) is 4.72 Å². The second-order valence-electron chi connectivity index (χ2n) is 6.63. The average Bonchev–Trinajstić information content (AvgIpc) is 3.17. The molecule has 0 unspecified atom stereocenters. The maximum Gasteiger partial charge on any atom is 0.265 e. The number of benzene rings is 3. The minimum Gasteiger partial charge on any atom is -0.279 e. The summed E-state index contributed by atoms with van der Waals surface area (Å²) in [5.41, 5.74) is 1.76. The first-order chi connectivity index (χ1) is 14.4. The van der Waals surface area contributed by atoms with Gasteiger partial charge in [0.25, 0.3) is 10.0 Å². The van der Waals surface area contributed by atoms with Crippen molar-refractivity contribution in [2.24, 2.45) is 0 Å². The van der Waals surface area contributed by atoms with Crippen molar-refractivity contribution in [1.82, 2.24) is 9.78 Å². The second-order valence-corrected chi connectivity index (χ2v) is 8.28. The predicted octanol–water partition coefficient (Wildman–Crippen LogP) is 4.68. The van der Waals surface area contributed by atoms with Crippen molar-refractivity contribution in [3.63, 3.8) is 0 Å². The van der Waals surface area contributed by atoms with E-state index < -0.39 is 21.7 Å². The van der Waals surface area contributed by atoms with E-state index in [0.29, 0.717) is 12.1 Å². The van der Waals surface area contributed by atoms with Crippen LogP contribution in [0.4, 0.5) is 14.5 Å². The van der Waals surface area contributed by atoms with Crippen molar-refractivity contribution >= 4 is 15.7 Å². The highest BCUT2D eigenvalue weighted by molar-refractivity contribution is 7.92. The molecular formula is C22H17F2N3O2S. The molecule has 0 saturated heterocycles. The van der Waals surface area contributed by atoms with Crippen LogP contribution < -0.4 is 4.72 Å². The Morgan fingerprint density at radius 2 is 1.53 bits per heavy atom. The molecule has 0 atom stereocenters. The van der Waals surface area contributed by atoms with Crippen LogP contribution in [0.5, 0.6) is 0 Å². The van der Waals surface area contributed by atoms with Gasteiger partial charge in [-0.25, -0.2) is 17.2 Å². The van der Waals surface area contributed by atoms with Crippen molar-refractivity contribution in [2.45, 2.75) is 11.4 Å². The summed E-state index contributed by atoms with van der Waals surface area (Å²) >= 11 is 0. The number of rotatable bonds is 6. The lowest BCUT2D eigenvalue weighted by Crippen LogP contribution is -2.13. The first-order valence-electron chi connectivity index (χ1n) is 9.07. The molecule has 3 aromatic carbocycles. The molecule has 1 N–H and O–H groups in total. The zero-order valence-corrected chi connectivity index (χ0v) is 16.5. The fourth-order valence-corrected chi connectivity index (χ4v) is 4.24. The van der Waals surface area contributed by atoms with E-state index in [1.54, 1.807) is 24.3 Å². The molecule has 0 spiro atoms. The van der Waals surface area contributed by atoms with Crippen LogP contribution in [-0.2, 0) is 16.6 Å². The zero-order valence-electron chi connectivity index (χ0n) is 15.7. The first kappa shape index (κ1) is 19.8. The van der Waals surface area contributed by atoms with Gasteiger partial charge in [0.05, 0.1) is 12.2 Å².